The Morgan fingerprint density at radius 1 is 0.694 bits per heavy atom. The molecule has 0 aliphatic heterocycles. The van der Waals surface area contributed by atoms with Gasteiger partial charge in [-0.2, -0.15) is 0 Å². The van der Waals surface area contributed by atoms with Gasteiger partial charge in [-0.05, 0) is 41.0 Å². The third-order valence-corrected chi connectivity index (χ3v) is 5.97. The zero-order valence-corrected chi connectivity index (χ0v) is 19.3. The highest BCUT2D eigenvalue weighted by molar-refractivity contribution is 5.93. The quantitative estimate of drug-likeness (QED) is 0.237. The van der Waals surface area contributed by atoms with Gasteiger partial charge in [0.25, 0.3) is 0 Å². The minimum atomic E-state index is -0.392. The summed E-state index contributed by atoms with van der Waals surface area (Å²) in [6, 6.07) is 34.7. The Labute approximate surface area is 207 Å². The van der Waals surface area contributed by atoms with Gasteiger partial charge in [0.2, 0.25) is 5.89 Å². The van der Waals surface area contributed by atoms with Crippen molar-refractivity contribution in [3.05, 3.63) is 131 Å². The SMILES string of the molecule is O=c1cc(-c2ccccc2)c2ccc(OCc3ccc(-c4cnc(-c5ccccc5)o4)cc3)cc2o1. The van der Waals surface area contributed by atoms with E-state index >= 15 is 0 Å². The molecule has 2 heterocycles. The van der Waals surface area contributed by atoms with Gasteiger partial charge in [-0.15, -0.1) is 0 Å². The van der Waals surface area contributed by atoms with Crippen molar-refractivity contribution in [1.29, 1.82) is 0 Å². The van der Waals surface area contributed by atoms with E-state index in [1.807, 2.05) is 97.1 Å². The molecule has 2 aromatic heterocycles. The molecule has 0 bridgehead atoms. The highest BCUT2D eigenvalue weighted by Crippen LogP contribution is 2.30. The molecule has 0 amide bonds. The predicted molar refractivity (Wildman–Crippen MR) is 140 cm³/mol. The Morgan fingerprint density at radius 2 is 1.42 bits per heavy atom. The summed E-state index contributed by atoms with van der Waals surface area (Å²) in [5, 5.41) is 0.861. The van der Waals surface area contributed by atoms with E-state index < -0.39 is 5.63 Å². The van der Waals surface area contributed by atoms with Crippen LogP contribution in [0.1, 0.15) is 5.56 Å². The molecule has 174 valence electrons. The number of hydrogen-bond donors (Lipinski definition) is 0. The molecule has 5 heteroatoms. The van der Waals surface area contributed by atoms with Crippen LogP contribution < -0.4 is 10.4 Å². The molecule has 0 saturated heterocycles. The van der Waals surface area contributed by atoms with Crippen LogP contribution in [-0.4, -0.2) is 4.98 Å². The van der Waals surface area contributed by atoms with Crippen molar-refractivity contribution < 1.29 is 13.6 Å². The van der Waals surface area contributed by atoms with Crippen LogP contribution in [0.2, 0.25) is 0 Å². The minimum Gasteiger partial charge on any atom is -0.489 e. The Morgan fingerprint density at radius 3 is 2.17 bits per heavy atom. The Kier molecular flexibility index (Phi) is 5.64. The third-order valence-electron chi connectivity index (χ3n) is 5.97. The summed E-state index contributed by atoms with van der Waals surface area (Å²) in [6.07, 6.45) is 1.74. The molecule has 0 radical (unpaired) electrons. The molecule has 36 heavy (non-hydrogen) atoms. The molecule has 0 aliphatic rings. The second kappa shape index (κ2) is 9.39. The molecule has 0 spiro atoms. The lowest BCUT2D eigenvalue weighted by Gasteiger charge is -2.09. The van der Waals surface area contributed by atoms with Gasteiger partial charge in [-0.1, -0.05) is 72.8 Å². The molecule has 0 unspecified atom stereocenters. The average molecular weight is 472 g/mol. The largest absolute Gasteiger partial charge is 0.489 e. The first kappa shape index (κ1) is 21.6. The molecule has 0 saturated carbocycles. The Bertz CT molecular complexity index is 1680. The molecule has 0 atom stereocenters. The number of nitrogens with zero attached hydrogens (tertiary/aromatic N) is 1. The molecule has 6 aromatic rings. The van der Waals surface area contributed by atoms with Crippen LogP contribution in [0.4, 0.5) is 0 Å². The van der Waals surface area contributed by atoms with Gasteiger partial charge in [-0.3, -0.25) is 0 Å². The monoisotopic (exact) mass is 471 g/mol. The van der Waals surface area contributed by atoms with Crippen LogP contribution in [0.5, 0.6) is 5.75 Å². The fourth-order valence-electron chi connectivity index (χ4n) is 4.14. The first-order valence-corrected chi connectivity index (χ1v) is 11.6. The zero-order chi connectivity index (χ0) is 24.3. The smallest absolute Gasteiger partial charge is 0.336 e. The van der Waals surface area contributed by atoms with E-state index in [1.165, 1.54) is 6.07 Å². The van der Waals surface area contributed by atoms with Crippen molar-refractivity contribution in [3.8, 4) is 39.7 Å². The lowest BCUT2D eigenvalue weighted by atomic mass is 10.0. The van der Waals surface area contributed by atoms with Gasteiger partial charge in [0.1, 0.15) is 17.9 Å². The van der Waals surface area contributed by atoms with E-state index in [1.54, 1.807) is 12.3 Å². The second-order valence-electron chi connectivity index (χ2n) is 8.38. The summed E-state index contributed by atoms with van der Waals surface area (Å²) in [5.41, 5.74) is 4.79. The summed E-state index contributed by atoms with van der Waals surface area (Å²) in [6.45, 7) is 0.375. The van der Waals surface area contributed by atoms with Crippen molar-refractivity contribution in [2.75, 3.05) is 0 Å². The molecular weight excluding hydrogens is 450 g/mol. The van der Waals surface area contributed by atoms with E-state index in [4.69, 9.17) is 13.6 Å². The van der Waals surface area contributed by atoms with Gasteiger partial charge in [0.15, 0.2) is 5.76 Å². The lowest BCUT2D eigenvalue weighted by Crippen LogP contribution is -1.99. The molecule has 0 fully saturated rings. The van der Waals surface area contributed by atoms with E-state index in [-0.39, 0.29) is 0 Å². The number of ether oxygens (including phenoxy) is 1. The second-order valence-corrected chi connectivity index (χ2v) is 8.38. The first-order valence-electron chi connectivity index (χ1n) is 11.6. The van der Waals surface area contributed by atoms with E-state index in [0.29, 0.717) is 29.6 Å². The van der Waals surface area contributed by atoms with Crippen molar-refractivity contribution in [3.63, 3.8) is 0 Å². The van der Waals surface area contributed by atoms with E-state index in [2.05, 4.69) is 4.98 Å². The summed E-state index contributed by atoms with van der Waals surface area (Å²) >= 11 is 0. The number of fused-ring (bicyclic) bond motifs is 1. The maximum absolute atomic E-state index is 12.2. The van der Waals surface area contributed by atoms with Crippen molar-refractivity contribution >= 4 is 11.0 Å². The van der Waals surface area contributed by atoms with Crippen LogP contribution in [0, 0.1) is 0 Å². The van der Waals surface area contributed by atoms with Gasteiger partial charge >= 0.3 is 5.63 Å². The molecule has 4 aromatic carbocycles. The number of aromatic nitrogens is 1. The van der Waals surface area contributed by atoms with Gasteiger partial charge in [0.05, 0.1) is 6.20 Å². The van der Waals surface area contributed by atoms with Crippen LogP contribution in [0.25, 0.3) is 44.9 Å². The fraction of sp³-hybridized carbons (Fsp3) is 0.0323. The maximum atomic E-state index is 12.2. The Hall–Kier alpha value is -4.90. The van der Waals surface area contributed by atoms with Crippen LogP contribution >= 0.6 is 0 Å². The maximum Gasteiger partial charge on any atom is 0.336 e. The third kappa shape index (κ3) is 4.42. The lowest BCUT2D eigenvalue weighted by molar-refractivity contribution is 0.306. The number of hydrogen-bond acceptors (Lipinski definition) is 5. The fourth-order valence-corrected chi connectivity index (χ4v) is 4.14. The highest BCUT2D eigenvalue weighted by atomic mass is 16.5. The van der Waals surface area contributed by atoms with E-state index in [9.17, 15) is 4.79 Å². The zero-order valence-electron chi connectivity index (χ0n) is 19.3. The summed E-state index contributed by atoms with van der Waals surface area (Å²) in [5.74, 6) is 1.93. The highest BCUT2D eigenvalue weighted by Gasteiger charge is 2.10. The minimum absolute atomic E-state index is 0.375. The van der Waals surface area contributed by atoms with Crippen molar-refractivity contribution in [1.82, 2.24) is 4.98 Å². The topological polar surface area (TPSA) is 65.5 Å². The summed E-state index contributed by atoms with van der Waals surface area (Å²) in [4.78, 5) is 16.6. The first-order chi connectivity index (χ1) is 17.7. The van der Waals surface area contributed by atoms with Crippen molar-refractivity contribution in [2.24, 2.45) is 0 Å². The van der Waals surface area contributed by atoms with E-state index in [0.717, 1.165) is 33.2 Å². The molecule has 5 nitrogen and oxygen atoms in total. The standard InChI is InChI=1S/C31H21NO4/c33-30-18-27(22-7-3-1-4-8-22)26-16-15-25(17-28(26)35-30)34-20-21-11-13-23(14-12-21)29-19-32-31(36-29)24-9-5-2-6-10-24/h1-19H,20H2. The Balaban J connectivity index is 1.18. The van der Waals surface area contributed by atoms with Crippen LogP contribution in [0.3, 0.4) is 0 Å². The van der Waals surface area contributed by atoms with Crippen molar-refractivity contribution in [2.45, 2.75) is 6.61 Å². The predicted octanol–water partition coefficient (Wildman–Crippen LogP) is 7.36. The number of rotatable bonds is 6. The molecular formula is C31H21NO4. The van der Waals surface area contributed by atoms with Crippen LogP contribution in [-0.2, 0) is 6.61 Å². The summed E-state index contributed by atoms with van der Waals surface area (Å²) < 4.78 is 17.4. The normalized spacial score (nSPS) is 11.0. The average Bonchev–Trinajstić information content (AvgIpc) is 3.43. The number of oxazole rings is 1. The number of benzene rings is 4. The molecule has 0 N–H and O–H groups in total. The summed E-state index contributed by atoms with van der Waals surface area (Å²) in [7, 11) is 0. The molecule has 0 aliphatic carbocycles. The van der Waals surface area contributed by atoms with Gasteiger partial charge in [-0.25, -0.2) is 9.78 Å². The molecule has 6 rings (SSSR count). The van der Waals surface area contributed by atoms with Crippen LogP contribution in [0.15, 0.2) is 129 Å². The van der Waals surface area contributed by atoms with Gasteiger partial charge in [0, 0.05) is 28.6 Å². The van der Waals surface area contributed by atoms with Gasteiger partial charge < -0.3 is 13.6 Å².